The third kappa shape index (κ3) is 8.98. The largest absolute Gasteiger partial charge is 0.451 e. The number of likely N-dealkylation sites (tertiary alicyclic amines) is 1. The Morgan fingerprint density at radius 2 is 1.45 bits per heavy atom. The summed E-state index contributed by atoms with van der Waals surface area (Å²) < 4.78 is 80.0. The van der Waals surface area contributed by atoms with Crippen molar-refractivity contribution < 1.29 is 31.1 Å². The number of aromatic nitrogens is 2. The highest BCUT2D eigenvalue weighted by atomic mass is 19.4. The molecule has 1 aromatic heterocycles. The van der Waals surface area contributed by atoms with Gasteiger partial charge in [0.05, 0.1) is 5.56 Å². The van der Waals surface area contributed by atoms with Crippen LogP contribution in [-0.4, -0.2) is 72.0 Å². The molecule has 0 spiro atoms. The number of alkyl halides is 6. The second-order valence-electron chi connectivity index (χ2n) is 12.8. The number of anilines is 2. The Balaban J connectivity index is 1.13. The number of amides is 1. The Morgan fingerprint density at radius 1 is 0.851 bits per heavy atom. The van der Waals surface area contributed by atoms with Gasteiger partial charge in [-0.25, -0.2) is 9.97 Å². The number of benzene rings is 1. The number of halogens is 6. The molecule has 2 aromatic rings. The molecule has 1 amide bonds. The van der Waals surface area contributed by atoms with Gasteiger partial charge in [0, 0.05) is 45.3 Å². The summed E-state index contributed by atoms with van der Waals surface area (Å²) in [5.74, 6) is -0.0919. The fourth-order valence-corrected chi connectivity index (χ4v) is 6.71. The van der Waals surface area contributed by atoms with Gasteiger partial charge in [0.15, 0.2) is 5.96 Å². The maximum atomic E-state index is 13.9. The Hall–Kier alpha value is -3.78. The van der Waals surface area contributed by atoms with E-state index in [-0.39, 0.29) is 30.0 Å². The van der Waals surface area contributed by atoms with Crippen molar-refractivity contribution in [3.8, 4) is 0 Å². The molecule has 15 heteroatoms. The molecule has 4 heterocycles. The molecular formula is C32H42F6N8O. The number of guanidine groups is 1. The zero-order valence-corrected chi connectivity index (χ0v) is 26.2. The fourth-order valence-electron chi connectivity index (χ4n) is 6.71. The smallest absolute Gasteiger partial charge is 0.370 e. The van der Waals surface area contributed by atoms with Gasteiger partial charge in [-0.05, 0) is 68.1 Å². The highest BCUT2D eigenvalue weighted by molar-refractivity contribution is 5.86. The molecule has 0 radical (unpaired) electrons. The maximum absolute atomic E-state index is 13.9. The molecule has 47 heavy (non-hydrogen) atoms. The number of rotatable bonds is 10. The van der Waals surface area contributed by atoms with E-state index in [9.17, 15) is 31.1 Å². The third-order valence-electron chi connectivity index (χ3n) is 9.68. The fraction of sp³-hybridized carbons (Fsp3) is 0.625. The van der Waals surface area contributed by atoms with Crippen molar-refractivity contribution in [2.45, 2.75) is 76.2 Å². The van der Waals surface area contributed by atoms with Gasteiger partial charge in [-0.1, -0.05) is 31.4 Å². The van der Waals surface area contributed by atoms with Crippen molar-refractivity contribution in [1.29, 1.82) is 5.41 Å². The minimum absolute atomic E-state index is 0.0504. The molecule has 1 aromatic carbocycles. The van der Waals surface area contributed by atoms with Crippen LogP contribution in [0.5, 0.6) is 0 Å². The minimum atomic E-state index is -4.76. The van der Waals surface area contributed by atoms with Crippen molar-refractivity contribution in [2.24, 2.45) is 17.6 Å². The van der Waals surface area contributed by atoms with Gasteiger partial charge in [-0.3, -0.25) is 10.2 Å². The third-order valence-corrected chi connectivity index (χ3v) is 9.68. The highest BCUT2D eigenvalue weighted by Gasteiger charge is 2.40. The summed E-state index contributed by atoms with van der Waals surface area (Å²) in [7, 11) is 0. The quantitative estimate of drug-likeness (QED) is 0.176. The van der Waals surface area contributed by atoms with Crippen molar-refractivity contribution >= 4 is 23.5 Å². The molecule has 258 valence electrons. The number of hydrogen-bond acceptors (Lipinski definition) is 6. The Kier molecular flexibility index (Phi) is 10.7. The Morgan fingerprint density at radius 3 is 1.98 bits per heavy atom. The van der Waals surface area contributed by atoms with Crippen molar-refractivity contribution in [2.75, 3.05) is 49.1 Å². The summed E-state index contributed by atoms with van der Waals surface area (Å²) in [6.07, 6.45) is -1.33. The van der Waals surface area contributed by atoms with Gasteiger partial charge >= 0.3 is 12.4 Å². The summed E-state index contributed by atoms with van der Waals surface area (Å²) in [5, 5.41) is 10.3. The number of carbonyl (C=O) groups is 1. The van der Waals surface area contributed by atoms with Crippen LogP contribution in [0.3, 0.4) is 0 Å². The predicted octanol–water partition coefficient (Wildman–Crippen LogP) is 5.44. The van der Waals surface area contributed by atoms with E-state index in [0.717, 1.165) is 70.2 Å². The lowest BCUT2D eigenvalue weighted by molar-refractivity contribution is -0.144. The van der Waals surface area contributed by atoms with Crippen LogP contribution in [0.1, 0.15) is 68.3 Å². The summed E-state index contributed by atoms with van der Waals surface area (Å²) in [4.78, 5) is 25.9. The van der Waals surface area contributed by atoms with Gasteiger partial charge in [0.1, 0.15) is 17.7 Å². The average Bonchev–Trinajstić information content (AvgIpc) is 3.00. The van der Waals surface area contributed by atoms with Crippen LogP contribution >= 0.6 is 0 Å². The van der Waals surface area contributed by atoms with Crippen LogP contribution in [0.15, 0.2) is 30.3 Å². The van der Waals surface area contributed by atoms with Crippen LogP contribution in [-0.2, 0) is 23.6 Å². The van der Waals surface area contributed by atoms with Gasteiger partial charge in [0.25, 0.3) is 0 Å². The number of hydrogen-bond donors (Lipinski definition) is 3. The molecular weight excluding hydrogens is 626 g/mol. The molecule has 3 aliphatic heterocycles. The lowest BCUT2D eigenvalue weighted by Gasteiger charge is -2.41. The molecule has 0 saturated carbocycles. The monoisotopic (exact) mass is 668 g/mol. The first-order valence-corrected chi connectivity index (χ1v) is 16.3. The van der Waals surface area contributed by atoms with E-state index < -0.39 is 29.8 Å². The van der Waals surface area contributed by atoms with E-state index in [0.29, 0.717) is 49.9 Å². The molecule has 0 bridgehead atoms. The van der Waals surface area contributed by atoms with Crippen molar-refractivity contribution in [1.82, 2.24) is 20.2 Å². The molecule has 3 aliphatic rings. The molecule has 3 saturated heterocycles. The van der Waals surface area contributed by atoms with Crippen LogP contribution < -0.4 is 20.9 Å². The first-order valence-electron chi connectivity index (χ1n) is 16.3. The summed E-state index contributed by atoms with van der Waals surface area (Å²) in [6.45, 7) is 3.36. The van der Waals surface area contributed by atoms with Gasteiger partial charge in [-0.2, -0.15) is 26.3 Å². The summed E-state index contributed by atoms with van der Waals surface area (Å²) in [6, 6.07) is 5.52. The second kappa shape index (κ2) is 14.5. The number of piperidine rings is 2. The normalized spacial score (nSPS) is 19.9. The lowest BCUT2D eigenvalue weighted by Crippen LogP contribution is -2.57. The molecule has 1 unspecified atom stereocenters. The highest BCUT2D eigenvalue weighted by Crippen LogP contribution is 2.35. The molecule has 0 aliphatic carbocycles. The SMILES string of the molecule is N=C(N)N1CCC(CCCC2CCN(c3cc(N4CCC4C(=O)NCCc4ccc(C(F)(F)F)cc4)nc(C(F)(F)F)n3)CC2)CC1. The molecule has 4 N–H and O–H groups in total. The van der Waals surface area contributed by atoms with E-state index in [1.54, 1.807) is 4.90 Å². The van der Waals surface area contributed by atoms with Crippen LogP contribution in [0.4, 0.5) is 38.0 Å². The van der Waals surface area contributed by atoms with Gasteiger partial charge < -0.3 is 25.8 Å². The standard InChI is InChI=1S/C32H42F6N8O/c33-31(34,35)24-6-4-23(5-7-24)8-14-41-28(47)25-13-19-46(25)27-20-26(42-29(43-27)32(36,37)38)44-15-9-21(10-16-44)2-1-3-22-11-17-45(18-12-22)30(39)40/h4-7,20-22,25H,1-3,8-19H2,(H3,39,40)(H,41,47). The first-order chi connectivity index (χ1) is 22.3. The van der Waals surface area contributed by atoms with Gasteiger partial charge in [0.2, 0.25) is 11.7 Å². The summed E-state index contributed by atoms with van der Waals surface area (Å²) >= 11 is 0. The molecule has 9 nitrogen and oxygen atoms in total. The Bertz CT molecular complexity index is 1370. The minimum Gasteiger partial charge on any atom is -0.370 e. The topological polar surface area (TPSA) is 114 Å². The second-order valence-corrected chi connectivity index (χ2v) is 12.8. The van der Waals surface area contributed by atoms with E-state index in [1.165, 1.54) is 18.2 Å². The Labute approximate surface area is 270 Å². The molecule has 5 rings (SSSR count). The maximum Gasteiger partial charge on any atom is 0.451 e. The van der Waals surface area contributed by atoms with Crippen molar-refractivity contribution in [3.63, 3.8) is 0 Å². The summed E-state index contributed by atoms with van der Waals surface area (Å²) in [5.41, 5.74) is 5.46. The predicted molar refractivity (Wildman–Crippen MR) is 166 cm³/mol. The van der Waals surface area contributed by atoms with E-state index in [1.807, 2.05) is 9.80 Å². The van der Waals surface area contributed by atoms with Crippen LogP contribution in [0.2, 0.25) is 0 Å². The van der Waals surface area contributed by atoms with Crippen molar-refractivity contribution in [3.05, 3.63) is 47.3 Å². The van der Waals surface area contributed by atoms with E-state index >= 15 is 0 Å². The number of nitrogens with one attached hydrogen (secondary N) is 2. The zero-order valence-electron chi connectivity index (χ0n) is 26.2. The number of carbonyl (C=O) groups excluding carboxylic acids is 1. The molecule has 3 fully saturated rings. The molecule has 1 atom stereocenters. The van der Waals surface area contributed by atoms with E-state index in [4.69, 9.17) is 11.1 Å². The average molecular weight is 669 g/mol. The lowest BCUT2D eigenvalue weighted by atomic mass is 9.87. The van der Waals surface area contributed by atoms with Crippen LogP contribution in [0.25, 0.3) is 0 Å². The zero-order chi connectivity index (χ0) is 33.8. The number of nitrogens with zero attached hydrogens (tertiary/aromatic N) is 5. The first kappa shape index (κ1) is 34.6. The van der Waals surface area contributed by atoms with Crippen LogP contribution in [0, 0.1) is 17.2 Å². The van der Waals surface area contributed by atoms with E-state index in [2.05, 4.69) is 15.3 Å². The van der Waals surface area contributed by atoms with Gasteiger partial charge in [-0.15, -0.1) is 0 Å². The number of nitrogens with two attached hydrogens (primary N) is 1.